The highest BCUT2D eigenvalue weighted by Gasteiger charge is 2.21. The number of rotatable bonds is 5. The zero-order valence-electron chi connectivity index (χ0n) is 16.5. The number of carbonyl (C=O) groups excluding carboxylic acids is 1. The van der Waals surface area contributed by atoms with Crippen LogP contribution in [0.25, 0.3) is 0 Å². The summed E-state index contributed by atoms with van der Waals surface area (Å²) in [7, 11) is 3.69. The van der Waals surface area contributed by atoms with Crippen LogP contribution in [-0.2, 0) is 12.8 Å². The maximum absolute atomic E-state index is 12.8. The first kappa shape index (κ1) is 18.7. The molecular weight excluding hydrogens is 354 g/mol. The van der Waals surface area contributed by atoms with Crippen LogP contribution in [0.15, 0.2) is 30.3 Å². The first-order valence-electron chi connectivity index (χ1n) is 9.96. The molecule has 0 radical (unpaired) electrons. The minimum absolute atomic E-state index is 0.206. The number of pyridine rings is 1. The van der Waals surface area contributed by atoms with Crippen LogP contribution in [0.5, 0.6) is 11.6 Å². The van der Waals surface area contributed by atoms with Crippen LogP contribution < -0.4 is 14.8 Å². The fourth-order valence-electron chi connectivity index (χ4n) is 3.88. The second-order valence-electron chi connectivity index (χ2n) is 7.60. The fraction of sp³-hybridized carbons (Fsp3) is 0.455. The van der Waals surface area contributed by atoms with Gasteiger partial charge in [-0.1, -0.05) is 0 Å². The molecule has 6 nitrogen and oxygen atoms in total. The van der Waals surface area contributed by atoms with E-state index in [1.807, 2.05) is 30.3 Å². The second-order valence-corrected chi connectivity index (χ2v) is 7.60. The Morgan fingerprint density at radius 1 is 1.18 bits per heavy atom. The number of aromatic nitrogens is 1. The van der Waals surface area contributed by atoms with Gasteiger partial charge in [0.2, 0.25) is 5.88 Å². The average Bonchev–Trinajstić information content (AvgIpc) is 3.17. The number of fused-ring (bicyclic) bond motifs is 1. The van der Waals surface area contributed by atoms with Gasteiger partial charge in [0.15, 0.2) is 0 Å². The minimum atomic E-state index is -0.206. The molecule has 1 aromatic carbocycles. The number of benzene rings is 1. The molecule has 2 aromatic rings. The van der Waals surface area contributed by atoms with E-state index in [-0.39, 0.29) is 12.0 Å². The molecule has 1 aliphatic carbocycles. The number of piperidine rings is 1. The van der Waals surface area contributed by atoms with Gasteiger partial charge < -0.3 is 19.7 Å². The minimum Gasteiger partial charge on any atom is -0.490 e. The highest BCUT2D eigenvalue weighted by molar-refractivity contribution is 6.06. The molecule has 4 rings (SSSR count). The predicted octanol–water partition coefficient (Wildman–Crippen LogP) is 3.30. The summed E-state index contributed by atoms with van der Waals surface area (Å²) in [6, 6.07) is 9.48. The molecule has 0 unspecified atom stereocenters. The van der Waals surface area contributed by atoms with E-state index in [9.17, 15) is 4.79 Å². The van der Waals surface area contributed by atoms with Gasteiger partial charge in [0.05, 0.1) is 7.11 Å². The molecule has 1 aliphatic heterocycles. The third kappa shape index (κ3) is 4.12. The van der Waals surface area contributed by atoms with Crippen LogP contribution in [0.1, 0.15) is 40.9 Å². The Balaban J connectivity index is 1.41. The lowest BCUT2D eigenvalue weighted by atomic mass is 10.1. The number of nitrogens with one attached hydrogen (secondary N) is 1. The highest BCUT2D eigenvalue weighted by Crippen LogP contribution is 2.27. The predicted molar refractivity (Wildman–Crippen MR) is 108 cm³/mol. The molecule has 0 bridgehead atoms. The molecule has 1 N–H and O–H groups in total. The van der Waals surface area contributed by atoms with Crippen molar-refractivity contribution in [2.45, 2.75) is 38.2 Å². The van der Waals surface area contributed by atoms with Gasteiger partial charge in [0.1, 0.15) is 17.4 Å². The van der Waals surface area contributed by atoms with Gasteiger partial charge in [-0.2, -0.15) is 0 Å². The van der Waals surface area contributed by atoms with Gasteiger partial charge in [-0.3, -0.25) is 4.79 Å². The summed E-state index contributed by atoms with van der Waals surface area (Å²) in [5.74, 6) is 1.02. The number of hydrogen-bond acceptors (Lipinski definition) is 5. The number of methoxy groups -OCH3 is 1. The van der Waals surface area contributed by atoms with E-state index in [4.69, 9.17) is 9.47 Å². The number of carbonyl (C=O) groups is 1. The fourth-order valence-corrected chi connectivity index (χ4v) is 3.88. The van der Waals surface area contributed by atoms with E-state index in [0.717, 1.165) is 67.9 Å². The lowest BCUT2D eigenvalue weighted by Crippen LogP contribution is -2.35. The molecule has 1 fully saturated rings. The zero-order chi connectivity index (χ0) is 19.5. The summed E-state index contributed by atoms with van der Waals surface area (Å²) >= 11 is 0. The van der Waals surface area contributed by atoms with Gasteiger partial charge >= 0.3 is 0 Å². The Labute approximate surface area is 165 Å². The van der Waals surface area contributed by atoms with Crippen molar-refractivity contribution in [1.82, 2.24) is 9.88 Å². The third-order valence-corrected chi connectivity index (χ3v) is 5.53. The lowest BCUT2D eigenvalue weighted by molar-refractivity contribution is 0.102. The molecule has 2 heterocycles. The largest absolute Gasteiger partial charge is 0.490 e. The molecule has 148 valence electrons. The van der Waals surface area contributed by atoms with Gasteiger partial charge in [-0.25, -0.2) is 4.98 Å². The van der Waals surface area contributed by atoms with Crippen molar-refractivity contribution in [2.75, 3.05) is 32.6 Å². The van der Waals surface area contributed by atoms with Crippen LogP contribution >= 0.6 is 0 Å². The summed E-state index contributed by atoms with van der Waals surface area (Å²) in [6.07, 6.45) is 5.34. The van der Waals surface area contributed by atoms with E-state index in [1.165, 1.54) is 0 Å². The van der Waals surface area contributed by atoms with Crippen LogP contribution in [0.4, 0.5) is 5.69 Å². The van der Waals surface area contributed by atoms with Crippen LogP contribution in [-0.4, -0.2) is 49.1 Å². The number of aryl methyl sites for hydroxylation is 2. The van der Waals surface area contributed by atoms with Gasteiger partial charge in [0, 0.05) is 24.5 Å². The van der Waals surface area contributed by atoms with Crippen molar-refractivity contribution in [1.29, 1.82) is 0 Å². The number of nitrogens with zero attached hydrogens (tertiary/aromatic N) is 2. The van der Waals surface area contributed by atoms with Crippen molar-refractivity contribution in [2.24, 2.45) is 0 Å². The standard InChI is InChI=1S/C22H27N3O3/c1-25-12-10-18(11-13-25)28-17-8-6-16(7-9-17)23-21(26)19-14-15-4-3-5-20(15)24-22(19)27-2/h6-9,14,18H,3-5,10-13H2,1-2H3,(H,23,26). The molecule has 0 spiro atoms. The molecule has 2 aliphatic rings. The molecule has 1 aromatic heterocycles. The smallest absolute Gasteiger partial charge is 0.261 e. The van der Waals surface area contributed by atoms with Gasteiger partial charge in [-0.05, 0) is 75.0 Å². The van der Waals surface area contributed by atoms with Crippen LogP contribution in [0, 0.1) is 0 Å². The number of hydrogen-bond donors (Lipinski definition) is 1. The van der Waals surface area contributed by atoms with Crippen molar-refractivity contribution in [3.63, 3.8) is 0 Å². The Hall–Kier alpha value is -2.60. The van der Waals surface area contributed by atoms with Crippen LogP contribution in [0.3, 0.4) is 0 Å². The van der Waals surface area contributed by atoms with Crippen molar-refractivity contribution in [3.8, 4) is 11.6 Å². The molecule has 0 atom stereocenters. The SMILES string of the molecule is COc1nc2c(cc1C(=O)Nc1ccc(OC3CCN(C)CC3)cc1)CCC2. The Morgan fingerprint density at radius 2 is 1.93 bits per heavy atom. The second kappa shape index (κ2) is 8.19. The molecule has 1 saturated heterocycles. The summed E-state index contributed by atoms with van der Waals surface area (Å²) < 4.78 is 11.4. The van der Waals surface area contributed by atoms with Crippen LogP contribution in [0.2, 0.25) is 0 Å². The number of likely N-dealkylation sites (tertiary alicyclic amines) is 1. The van der Waals surface area contributed by atoms with E-state index < -0.39 is 0 Å². The lowest BCUT2D eigenvalue weighted by Gasteiger charge is -2.29. The summed E-state index contributed by atoms with van der Waals surface area (Å²) in [4.78, 5) is 19.6. The van der Waals surface area contributed by atoms with E-state index in [0.29, 0.717) is 11.4 Å². The first-order chi connectivity index (χ1) is 13.6. The highest BCUT2D eigenvalue weighted by atomic mass is 16.5. The van der Waals surface area contributed by atoms with Gasteiger partial charge in [0.25, 0.3) is 5.91 Å². The average molecular weight is 381 g/mol. The van der Waals surface area contributed by atoms with E-state index >= 15 is 0 Å². The number of anilines is 1. The molecule has 1 amide bonds. The normalized spacial score (nSPS) is 17.2. The summed E-state index contributed by atoms with van der Waals surface area (Å²) in [5.41, 5.74) is 3.40. The third-order valence-electron chi connectivity index (χ3n) is 5.53. The molecule has 0 saturated carbocycles. The number of ether oxygens (including phenoxy) is 2. The maximum atomic E-state index is 12.8. The van der Waals surface area contributed by atoms with Gasteiger partial charge in [-0.15, -0.1) is 0 Å². The zero-order valence-corrected chi connectivity index (χ0v) is 16.5. The molecule has 6 heteroatoms. The van der Waals surface area contributed by atoms with Crippen molar-refractivity contribution < 1.29 is 14.3 Å². The topological polar surface area (TPSA) is 63.7 Å². The Bertz CT molecular complexity index is 843. The molecule has 28 heavy (non-hydrogen) atoms. The Kier molecular flexibility index (Phi) is 5.48. The monoisotopic (exact) mass is 381 g/mol. The molecular formula is C22H27N3O3. The summed E-state index contributed by atoms with van der Waals surface area (Å²) in [6.45, 7) is 2.13. The number of amides is 1. The van der Waals surface area contributed by atoms with E-state index in [2.05, 4.69) is 22.2 Å². The van der Waals surface area contributed by atoms with Crippen molar-refractivity contribution >= 4 is 11.6 Å². The van der Waals surface area contributed by atoms with Crippen molar-refractivity contribution in [3.05, 3.63) is 47.2 Å². The maximum Gasteiger partial charge on any atom is 0.261 e. The van der Waals surface area contributed by atoms with E-state index in [1.54, 1.807) is 7.11 Å². The quantitative estimate of drug-likeness (QED) is 0.861. The summed E-state index contributed by atoms with van der Waals surface area (Å²) in [5, 5.41) is 2.94. The first-order valence-corrected chi connectivity index (χ1v) is 9.96. The Morgan fingerprint density at radius 3 is 2.64 bits per heavy atom.